The normalized spacial score (nSPS) is 12.0. The van der Waals surface area contributed by atoms with Gasteiger partial charge in [0, 0.05) is 39.4 Å². The second-order valence-corrected chi connectivity index (χ2v) is 5.47. The van der Waals surface area contributed by atoms with E-state index in [-0.39, 0.29) is 5.91 Å². The molecule has 0 fully saturated rings. The van der Waals surface area contributed by atoms with Crippen LogP contribution in [-0.2, 0) is 9.53 Å². The molecule has 5 nitrogen and oxygen atoms in total. The molecular formula is C17H29N3O2. The van der Waals surface area contributed by atoms with Crippen molar-refractivity contribution in [2.24, 2.45) is 5.92 Å². The number of ether oxygens (including phenoxy) is 1. The third-order valence-electron chi connectivity index (χ3n) is 3.93. The number of methoxy groups -OCH3 is 1. The Bertz CT molecular complexity index is 477. The summed E-state index contributed by atoms with van der Waals surface area (Å²) in [6, 6.07) is 5.72. The van der Waals surface area contributed by atoms with E-state index in [0.29, 0.717) is 18.2 Å². The average Bonchev–Trinajstić information content (AvgIpc) is 2.49. The number of nitrogens with one attached hydrogen (secondary N) is 1. The van der Waals surface area contributed by atoms with Crippen LogP contribution in [0.2, 0.25) is 0 Å². The van der Waals surface area contributed by atoms with Gasteiger partial charge in [-0.2, -0.15) is 0 Å². The maximum Gasteiger partial charge on any atom is 0.223 e. The van der Waals surface area contributed by atoms with Crippen LogP contribution in [-0.4, -0.2) is 32.7 Å². The van der Waals surface area contributed by atoms with Crippen LogP contribution in [0.5, 0.6) is 0 Å². The second-order valence-electron chi connectivity index (χ2n) is 5.47. The first kappa shape index (κ1) is 18.3. The van der Waals surface area contributed by atoms with Crippen molar-refractivity contribution >= 4 is 23.0 Å². The zero-order valence-electron chi connectivity index (χ0n) is 14.2. The fraction of sp³-hybridized carbons (Fsp3) is 0.588. The lowest BCUT2D eigenvalue weighted by molar-refractivity contribution is -0.116. The molecule has 22 heavy (non-hydrogen) atoms. The summed E-state index contributed by atoms with van der Waals surface area (Å²) in [5.41, 5.74) is 8.54. The highest BCUT2D eigenvalue weighted by Gasteiger charge is 2.11. The number of nitrogens with zero attached hydrogens (tertiary/aromatic N) is 1. The lowest BCUT2D eigenvalue weighted by Gasteiger charge is -2.21. The Morgan fingerprint density at radius 1 is 1.41 bits per heavy atom. The molecule has 0 radical (unpaired) electrons. The van der Waals surface area contributed by atoms with E-state index < -0.39 is 0 Å². The molecule has 124 valence electrons. The molecule has 1 aromatic rings. The van der Waals surface area contributed by atoms with Crippen molar-refractivity contribution in [3.05, 3.63) is 18.2 Å². The van der Waals surface area contributed by atoms with Crippen LogP contribution in [0.25, 0.3) is 0 Å². The van der Waals surface area contributed by atoms with Gasteiger partial charge in [-0.25, -0.2) is 0 Å². The maximum atomic E-state index is 11.6. The highest BCUT2D eigenvalue weighted by molar-refractivity contribution is 5.92. The SMILES string of the molecule is CCC(CCOC)CNc1ccc(N(CC)C(C)=O)cc1N. The molecule has 1 rings (SSSR count). The Balaban J connectivity index is 2.71. The summed E-state index contributed by atoms with van der Waals surface area (Å²) in [4.78, 5) is 13.3. The molecule has 1 atom stereocenters. The lowest BCUT2D eigenvalue weighted by atomic mass is 10.0. The van der Waals surface area contributed by atoms with Crippen molar-refractivity contribution in [1.82, 2.24) is 0 Å². The van der Waals surface area contributed by atoms with Gasteiger partial charge in [0.2, 0.25) is 5.91 Å². The first-order valence-corrected chi connectivity index (χ1v) is 7.93. The first-order chi connectivity index (χ1) is 10.5. The number of rotatable bonds is 9. The molecule has 0 aromatic heterocycles. The Morgan fingerprint density at radius 3 is 2.64 bits per heavy atom. The first-order valence-electron chi connectivity index (χ1n) is 7.93. The largest absolute Gasteiger partial charge is 0.397 e. The number of hydrogen-bond donors (Lipinski definition) is 2. The van der Waals surface area contributed by atoms with Gasteiger partial charge in [0.25, 0.3) is 0 Å². The van der Waals surface area contributed by atoms with E-state index in [0.717, 1.165) is 37.4 Å². The molecule has 0 aliphatic rings. The quantitative estimate of drug-likeness (QED) is 0.688. The van der Waals surface area contributed by atoms with E-state index in [9.17, 15) is 4.79 Å². The highest BCUT2D eigenvalue weighted by Crippen LogP contribution is 2.26. The molecule has 0 bridgehead atoms. The van der Waals surface area contributed by atoms with Crippen LogP contribution in [0.4, 0.5) is 17.1 Å². The number of benzene rings is 1. The third-order valence-corrected chi connectivity index (χ3v) is 3.93. The number of carbonyl (C=O) groups excluding carboxylic acids is 1. The summed E-state index contributed by atoms with van der Waals surface area (Å²) >= 11 is 0. The van der Waals surface area contributed by atoms with Gasteiger partial charge >= 0.3 is 0 Å². The summed E-state index contributed by atoms with van der Waals surface area (Å²) in [5, 5.41) is 3.40. The van der Waals surface area contributed by atoms with Gasteiger partial charge in [-0.1, -0.05) is 13.3 Å². The van der Waals surface area contributed by atoms with E-state index in [4.69, 9.17) is 10.5 Å². The van der Waals surface area contributed by atoms with Crippen LogP contribution in [0.15, 0.2) is 18.2 Å². The molecule has 0 aliphatic carbocycles. The molecule has 3 N–H and O–H groups in total. The number of carbonyl (C=O) groups is 1. The summed E-state index contributed by atoms with van der Waals surface area (Å²) < 4.78 is 5.14. The number of hydrogen-bond acceptors (Lipinski definition) is 4. The fourth-order valence-electron chi connectivity index (χ4n) is 2.46. The monoisotopic (exact) mass is 307 g/mol. The van der Waals surface area contributed by atoms with E-state index in [1.54, 1.807) is 18.9 Å². The molecule has 1 unspecified atom stereocenters. The Kier molecular flexibility index (Phi) is 7.74. The standard InChI is InChI=1S/C17H29N3O2/c1-5-14(9-10-22-4)12-19-17-8-7-15(11-16(17)18)20(6-2)13(3)21/h7-8,11,14,19H,5-6,9-10,12,18H2,1-4H3. The predicted molar refractivity (Wildman–Crippen MR) is 93.3 cm³/mol. The van der Waals surface area contributed by atoms with Crippen molar-refractivity contribution < 1.29 is 9.53 Å². The van der Waals surface area contributed by atoms with Gasteiger partial charge in [0.15, 0.2) is 0 Å². The van der Waals surface area contributed by atoms with Gasteiger partial charge in [-0.15, -0.1) is 0 Å². The average molecular weight is 307 g/mol. The van der Waals surface area contributed by atoms with Crippen LogP contribution in [0.1, 0.15) is 33.6 Å². The fourth-order valence-corrected chi connectivity index (χ4v) is 2.46. The maximum absolute atomic E-state index is 11.6. The highest BCUT2D eigenvalue weighted by atomic mass is 16.5. The van der Waals surface area contributed by atoms with Crippen LogP contribution >= 0.6 is 0 Å². The van der Waals surface area contributed by atoms with Gasteiger partial charge in [-0.05, 0) is 37.5 Å². The number of amides is 1. The molecule has 1 amide bonds. The molecule has 0 heterocycles. The van der Waals surface area contributed by atoms with Crippen molar-refractivity contribution in [2.75, 3.05) is 42.8 Å². The summed E-state index contributed by atoms with van der Waals surface area (Å²) in [5.74, 6) is 0.580. The van der Waals surface area contributed by atoms with Gasteiger partial charge < -0.3 is 20.7 Å². The lowest BCUT2D eigenvalue weighted by Crippen LogP contribution is -2.28. The van der Waals surface area contributed by atoms with Gasteiger partial charge in [0.05, 0.1) is 11.4 Å². The van der Waals surface area contributed by atoms with Crippen molar-refractivity contribution in [3.8, 4) is 0 Å². The minimum atomic E-state index is 0.0215. The van der Waals surface area contributed by atoms with Crippen molar-refractivity contribution in [3.63, 3.8) is 0 Å². The Labute approximate surface area is 133 Å². The smallest absolute Gasteiger partial charge is 0.223 e. The number of nitrogens with two attached hydrogens (primary N) is 1. The number of anilines is 3. The summed E-state index contributed by atoms with van der Waals surface area (Å²) in [7, 11) is 1.73. The molecular weight excluding hydrogens is 278 g/mol. The second kappa shape index (κ2) is 9.30. The Morgan fingerprint density at radius 2 is 2.14 bits per heavy atom. The molecule has 1 aromatic carbocycles. The van der Waals surface area contributed by atoms with Crippen LogP contribution < -0.4 is 16.0 Å². The van der Waals surface area contributed by atoms with Gasteiger partial charge in [0.1, 0.15) is 0 Å². The molecule has 5 heteroatoms. The Hall–Kier alpha value is -1.75. The molecule has 0 saturated heterocycles. The molecule has 0 aliphatic heterocycles. The minimum Gasteiger partial charge on any atom is -0.397 e. The topological polar surface area (TPSA) is 67.6 Å². The molecule has 0 saturated carbocycles. The van der Waals surface area contributed by atoms with E-state index in [1.807, 2.05) is 25.1 Å². The third kappa shape index (κ3) is 5.22. The summed E-state index contributed by atoms with van der Waals surface area (Å²) in [6.07, 6.45) is 2.13. The van der Waals surface area contributed by atoms with Crippen LogP contribution in [0.3, 0.4) is 0 Å². The minimum absolute atomic E-state index is 0.0215. The zero-order chi connectivity index (χ0) is 16.5. The van der Waals surface area contributed by atoms with Crippen molar-refractivity contribution in [1.29, 1.82) is 0 Å². The van der Waals surface area contributed by atoms with E-state index in [1.165, 1.54) is 0 Å². The van der Waals surface area contributed by atoms with Crippen molar-refractivity contribution in [2.45, 2.75) is 33.6 Å². The number of nitrogen functional groups attached to an aromatic ring is 1. The summed E-state index contributed by atoms with van der Waals surface area (Å²) in [6.45, 7) is 7.97. The van der Waals surface area contributed by atoms with Gasteiger partial charge in [-0.3, -0.25) is 4.79 Å². The van der Waals surface area contributed by atoms with Crippen LogP contribution in [0, 0.1) is 5.92 Å². The van der Waals surface area contributed by atoms with E-state index in [2.05, 4.69) is 12.2 Å². The van der Waals surface area contributed by atoms with E-state index >= 15 is 0 Å². The predicted octanol–water partition coefficient (Wildman–Crippen LogP) is 3.12. The molecule has 0 spiro atoms. The zero-order valence-corrected chi connectivity index (χ0v) is 14.2.